The molecule has 0 aliphatic heterocycles. The average Bonchev–Trinajstić information content (AvgIpc) is 2.52. The molecular weight excluding hydrogens is 310 g/mol. The second-order valence-corrected chi connectivity index (χ2v) is 5.48. The van der Waals surface area contributed by atoms with E-state index in [1.165, 1.54) is 12.7 Å². The van der Waals surface area contributed by atoms with Gasteiger partial charge in [-0.05, 0) is 61.5 Å². The highest BCUT2D eigenvalue weighted by atomic mass is 32.1. The van der Waals surface area contributed by atoms with Gasteiger partial charge in [-0.25, -0.2) is 0 Å². The number of aryl methyl sites for hydroxylation is 2. The standard InChI is InChI=1S/C17H19N3O2S/c1-11-4-6-14(12(2)8-11)19-17(23)20-18-10-13-5-7-15(21)16(9-13)22-3/h4-10,21H,1-3H3,(H2,19,20,23). The number of methoxy groups -OCH3 is 1. The quantitative estimate of drug-likeness (QED) is 0.456. The monoisotopic (exact) mass is 329 g/mol. The Hall–Kier alpha value is -2.60. The van der Waals surface area contributed by atoms with Crippen LogP contribution in [0.25, 0.3) is 0 Å². The minimum atomic E-state index is 0.0876. The zero-order valence-electron chi connectivity index (χ0n) is 13.3. The lowest BCUT2D eigenvalue weighted by atomic mass is 10.1. The summed E-state index contributed by atoms with van der Waals surface area (Å²) >= 11 is 5.21. The van der Waals surface area contributed by atoms with Crippen LogP contribution in [0.2, 0.25) is 0 Å². The Bertz CT molecular complexity index is 745. The molecule has 3 N–H and O–H groups in total. The molecule has 0 aliphatic rings. The Balaban J connectivity index is 1.96. The fourth-order valence-electron chi connectivity index (χ4n) is 2.04. The maximum absolute atomic E-state index is 9.54. The Labute approximate surface area is 141 Å². The van der Waals surface area contributed by atoms with Crippen molar-refractivity contribution in [3.05, 3.63) is 53.1 Å². The number of hydrazone groups is 1. The number of thiocarbonyl (C=S) groups is 1. The van der Waals surface area contributed by atoms with Crippen LogP contribution >= 0.6 is 12.2 Å². The highest BCUT2D eigenvalue weighted by molar-refractivity contribution is 7.80. The zero-order valence-corrected chi connectivity index (χ0v) is 14.1. The largest absolute Gasteiger partial charge is 0.504 e. The van der Waals surface area contributed by atoms with Crippen molar-refractivity contribution in [1.82, 2.24) is 5.43 Å². The number of nitrogens with zero attached hydrogens (tertiary/aromatic N) is 1. The van der Waals surface area contributed by atoms with Crippen molar-refractivity contribution in [3.8, 4) is 11.5 Å². The number of phenolic OH excluding ortho intramolecular Hbond substituents is 1. The van der Waals surface area contributed by atoms with Crippen LogP contribution in [0, 0.1) is 13.8 Å². The summed E-state index contributed by atoms with van der Waals surface area (Å²) < 4.78 is 5.04. The van der Waals surface area contributed by atoms with E-state index in [-0.39, 0.29) is 5.75 Å². The molecule has 5 nitrogen and oxygen atoms in total. The molecule has 2 aromatic rings. The van der Waals surface area contributed by atoms with Crippen LogP contribution in [0.1, 0.15) is 16.7 Å². The van der Waals surface area contributed by atoms with Gasteiger partial charge in [-0.1, -0.05) is 17.7 Å². The van der Waals surface area contributed by atoms with Gasteiger partial charge in [-0.2, -0.15) is 5.10 Å². The van der Waals surface area contributed by atoms with E-state index in [1.54, 1.807) is 24.4 Å². The number of nitrogens with one attached hydrogen (secondary N) is 2. The maximum Gasteiger partial charge on any atom is 0.191 e. The van der Waals surface area contributed by atoms with Crippen molar-refractivity contribution in [2.45, 2.75) is 13.8 Å². The summed E-state index contributed by atoms with van der Waals surface area (Å²) in [5.74, 6) is 0.481. The third kappa shape index (κ3) is 4.69. The molecule has 120 valence electrons. The van der Waals surface area contributed by atoms with Crippen molar-refractivity contribution < 1.29 is 9.84 Å². The van der Waals surface area contributed by atoms with Crippen molar-refractivity contribution in [3.63, 3.8) is 0 Å². The van der Waals surface area contributed by atoms with E-state index < -0.39 is 0 Å². The van der Waals surface area contributed by atoms with Crippen LogP contribution in [0.5, 0.6) is 11.5 Å². The Kier molecular flexibility index (Phi) is 5.54. The Morgan fingerprint density at radius 2 is 2.00 bits per heavy atom. The smallest absolute Gasteiger partial charge is 0.191 e. The van der Waals surface area contributed by atoms with Crippen molar-refractivity contribution in [2.75, 3.05) is 12.4 Å². The number of hydrogen-bond acceptors (Lipinski definition) is 4. The van der Waals surface area contributed by atoms with Gasteiger partial charge >= 0.3 is 0 Å². The number of hydrogen-bond donors (Lipinski definition) is 3. The number of aromatic hydroxyl groups is 1. The molecule has 0 aromatic heterocycles. The van der Waals surface area contributed by atoms with Crippen LogP contribution in [0.3, 0.4) is 0 Å². The molecule has 2 rings (SSSR count). The topological polar surface area (TPSA) is 65.9 Å². The number of rotatable bonds is 4. The SMILES string of the molecule is COc1cc(C=NNC(=S)Nc2ccc(C)cc2C)ccc1O. The maximum atomic E-state index is 9.54. The lowest BCUT2D eigenvalue weighted by molar-refractivity contribution is 0.373. The molecule has 0 fully saturated rings. The predicted molar refractivity (Wildman–Crippen MR) is 97.5 cm³/mol. The van der Waals surface area contributed by atoms with Crippen LogP contribution in [0.15, 0.2) is 41.5 Å². The first kappa shape index (κ1) is 16.8. The van der Waals surface area contributed by atoms with E-state index in [9.17, 15) is 5.11 Å². The van der Waals surface area contributed by atoms with Crippen molar-refractivity contribution in [1.29, 1.82) is 0 Å². The van der Waals surface area contributed by atoms with E-state index in [1.807, 2.05) is 26.0 Å². The minimum Gasteiger partial charge on any atom is -0.504 e. The van der Waals surface area contributed by atoms with Crippen LogP contribution in [-0.4, -0.2) is 23.5 Å². The highest BCUT2D eigenvalue weighted by Crippen LogP contribution is 2.25. The van der Waals surface area contributed by atoms with Crippen LogP contribution < -0.4 is 15.5 Å². The molecule has 0 radical (unpaired) electrons. The number of phenols is 1. The molecule has 6 heteroatoms. The molecule has 0 spiro atoms. The van der Waals surface area contributed by atoms with Gasteiger partial charge in [0.25, 0.3) is 0 Å². The van der Waals surface area contributed by atoms with Gasteiger partial charge in [0.1, 0.15) is 0 Å². The van der Waals surface area contributed by atoms with E-state index in [2.05, 4.69) is 21.9 Å². The fraction of sp³-hybridized carbons (Fsp3) is 0.176. The summed E-state index contributed by atoms with van der Waals surface area (Å²) in [5, 5.41) is 17.1. The first-order chi connectivity index (χ1) is 11.0. The summed E-state index contributed by atoms with van der Waals surface area (Å²) in [6.07, 6.45) is 1.60. The van der Waals surface area contributed by atoms with Crippen molar-refractivity contribution in [2.24, 2.45) is 5.10 Å². The summed E-state index contributed by atoms with van der Waals surface area (Å²) in [4.78, 5) is 0. The zero-order chi connectivity index (χ0) is 16.8. The minimum absolute atomic E-state index is 0.0876. The first-order valence-electron chi connectivity index (χ1n) is 7.04. The molecule has 0 aliphatic carbocycles. The number of benzene rings is 2. The van der Waals surface area contributed by atoms with Gasteiger partial charge < -0.3 is 15.2 Å². The summed E-state index contributed by atoms with van der Waals surface area (Å²) in [7, 11) is 1.50. The first-order valence-corrected chi connectivity index (χ1v) is 7.44. The lowest BCUT2D eigenvalue weighted by Crippen LogP contribution is -2.24. The van der Waals surface area contributed by atoms with Crippen LogP contribution in [0.4, 0.5) is 5.69 Å². The van der Waals surface area contributed by atoms with Crippen molar-refractivity contribution >= 4 is 29.2 Å². The van der Waals surface area contributed by atoms with Crippen LogP contribution in [-0.2, 0) is 0 Å². The van der Waals surface area contributed by atoms with E-state index in [0.29, 0.717) is 10.9 Å². The molecule has 0 saturated carbocycles. The Morgan fingerprint density at radius 1 is 1.22 bits per heavy atom. The molecule has 0 saturated heterocycles. The molecule has 0 heterocycles. The van der Waals surface area contributed by atoms with E-state index >= 15 is 0 Å². The third-order valence-electron chi connectivity index (χ3n) is 3.21. The van der Waals surface area contributed by atoms with Gasteiger partial charge in [0.15, 0.2) is 16.6 Å². The highest BCUT2D eigenvalue weighted by Gasteiger charge is 2.02. The molecular formula is C17H19N3O2S. The van der Waals surface area contributed by atoms with Gasteiger partial charge in [0, 0.05) is 5.69 Å². The second kappa shape index (κ2) is 7.60. The Morgan fingerprint density at radius 3 is 2.70 bits per heavy atom. The van der Waals surface area contributed by atoms with E-state index in [0.717, 1.165) is 16.8 Å². The normalized spacial score (nSPS) is 10.6. The summed E-state index contributed by atoms with van der Waals surface area (Å²) in [6.45, 7) is 4.06. The van der Waals surface area contributed by atoms with Gasteiger partial charge in [0.2, 0.25) is 0 Å². The molecule has 23 heavy (non-hydrogen) atoms. The average molecular weight is 329 g/mol. The second-order valence-electron chi connectivity index (χ2n) is 5.07. The predicted octanol–water partition coefficient (Wildman–Crippen LogP) is 3.34. The molecule has 2 aromatic carbocycles. The summed E-state index contributed by atoms with van der Waals surface area (Å²) in [5.41, 5.74) is 6.79. The van der Waals surface area contributed by atoms with Gasteiger partial charge in [0.05, 0.1) is 13.3 Å². The summed E-state index contributed by atoms with van der Waals surface area (Å²) in [6, 6.07) is 11.0. The third-order valence-corrected chi connectivity index (χ3v) is 3.41. The molecule has 0 atom stereocenters. The lowest BCUT2D eigenvalue weighted by Gasteiger charge is -2.10. The van der Waals surface area contributed by atoms with Gasteiger partial charge in [-0.15, -0.1) is 0 Å². The fourth-order valence-corrected chi connectivity index (χ4v) is 2.21. The van der Waals surface area contributed by atoms with Gasteiger partial charge in [-0.3, -0.25) is 5.43 Å². The molecule has 0 amide bonds. The molecule has 0 bridgehead atoms. The number of ether oxygens (including phenoxy) is 1. The van der Waals surface area contributed by atoms with E-state index in [4.69, 9.17) is 17.0 Å². The molecule has 0 unspecified atom stereocenters. The number of anilines is 1.